The van der Waals surface area contributed by atoms with Crippen LogP contribution in [0.25, 0.3) is 6.08 Å². The number of hydrogen-bond donors (Lipinski definition) is 1. The molecule has 1 aromatic heterocycles. The topological polar surface area (TPSA) is 60.9 Å². The lowest BCUT2D eigenvalue weighted by Crippen LogP contribution is -2.19. The molecule has 11 heavy (non-hydrogen) atoms. The molecule has 0 unspecified atom stereocenters. The summed E-state index contributed by atoms with van der Waals surface area (Å²) < 4.78 is 1.45. The minimum absolute atomic E-state index is 0.144. The average molecular weight is 151 g/mol. The standard InChI is InChI=1S/C7H9N3O/c1-10-5-4-9-6(2-3-8)7(10)11/h2-5H,8H2,1H3/b3-2-. The molecule has 0 aliphatic carbocycles. The van der Waals surface area contributed by atoms with Crippen molar-refractivity contribution in [2.75, 3.05) is 0 Å². The first-order chi connectivity index (χ1) is 5.25. The normalized spacial score (nSPS) is 10.6. The molecule has 0 spiro atoms. The minimum atomic E-state index is -0.144. The Morgan fingerprint density at radius 2 is 2.45 bits per heavy atom. The number of hydrogen-bond acceptors (Lipinski definition) is 3. The van der Waals surface area contributed by atoms with Crippen molar-refractivity contribution in [3.8, 4) is 0 Å². The van der Waals surface area contributed by atoms with Crippen LogP contribution in [-0.4, -0.2) is 9.55 Å². The summed E-state index contributed by atoms with van der Waals surface area (Å²) in [6.07, 6.45) is 5.92. The van der Waals surface area contributed by atoms with Gasteiger partial charge in [0, 0.05) is 19.4 Å². The maximum absolute atomic E-state index is 11.2. The zero-order valence-electron chi connectivity index (χ0n) is 6.19. The van der Waals surface area contributed by atoms with Crippen molar-refractivity contribution in [2.45, 2.75) is 0 Å². The van der Waals surface area contributed by atoms with E-state index in [4.69, 9.17) is 5.73 Å². The molecule has 0 atom stereocenters. The van der Waals surface area contributed by atoms with Crippen LogP contribution in [0.3, 0.4) is 0 Å². The number of aryl methyl sites for hydroxylation is 1. The first-order valence-electron chi connectivity index (χ1n) is 3.15. The van der Waals surface area contributed by atoms with Crippen LogP contribution in [0, 0.1) is 0 Å². The summed E-state index contributed by atoms with van der Waals surface area (Å²) in [5, 5.41) is 0. The Labute approximate surface area is 64.0 Å². The third kappa shape index (κ3) is 1.46. The van der Waals surface area contributed by atoms with Crippen LogP contribution in [0.15, 0.2) is 23.4 Å². The van der Waals surface area contributed by atoms with Gasteiger partial charge in [-0.05, 0) is 12.3 Å². The Kier molecular flexibility index (Phi) is 2.06. The Balaban J connectivity index is 3.28. The van der Waals surface area contributed by atoms with Gasteiger partial charge in [0.15, 0.2) is 0 Å². The molecule has 0 saturated carbocycles. The second-order valence-electron chi connectivity index (χ2n) is 2.09. The molecule has 1 rings (SSSR count). The van der Waals surface area contributed by atoms with Gasteiger partial charge in [0.05, 0.1) is 0 Å². The Morgan fingerprint density at radius 1 is 1.73 bits per heavy atom. The maximum atomic E-state index is 11.2. The van der Waals surface area contributed by atoms with Gasteiger partial charge in [0.25, 0.3) is 5.56 Å². The lowest BCUT2D eigenvalue weighted by molar-refractivity contribution is 0.835. The molecule has 2 N–H and O–H groups in total. The summed E-state index contributed by atoms with van der Waals surface area (Å²) in [6.45, 7) is 0. The van der Waals surface area contributed by atoms with Crippen LogP contribution in [-0.2, 0) is 7.05 Å². The highest BCUT2D eigenvalue weighted by molar-refractivity contribution is 5.41. The van der Waals surface area contributed by atoms with Crippen LogP contribution in [0.1, 0.15) is 5.69 Å². The van der Waals surface area contributed by atoms with Crippen LogP contribution in [0.5, 0.6) is 0 Å². The Hall–Kier alpha value is -1.58. The van der Waals surface area contributed by atoms with E-state index in [1.54, 1.807) is 19.4 Å². The zero-order chi connectivity index (χ0) is 8.27. The van der Waals surface area contributed by atoms with Gasteiger partial charge in [-0.15, -0.1) is 0 Å². The monoisotopic (exact) mass is 151 g/mol. The van der Waals surface area contributed by atoms with Gasteiger partial charge >= 0.3 is 0 Å². The molecule has 0 bridgehead atoms. The van der Waals surface area contributed by atoms with Crippen LogP contribution < -0.4 is 11.3 Å². The van der Waals surface area contributed by atoms with Crippen LogP contribution in [0.4, 0.5) is 0 Å². The van der Waals surface area contributed by atoms with Crippen molar-refractivity contribution in [2.24, 2.45) is 12.8 Å². The quantitative estimate of drug-likeness (QED) is 0.600. The van der Waals surface area contributed by atoms with Gasteiger partial charge in [-0.2, -0.15) is 0 Å². The van der Waals surface area contributed by atoms with Crippen molar-refractivity contribution < 1.29 is 0 Å². The second-order valence-corrected chi connectivity index (χ2v) is 2.09. The van der Waals surface area contributed by atoms with E-state index in [0.29, 0.717) is 5.69 Å². The van der Waals surface area contributed by atoms with E-state index < -0.39 is 0 Å². The summed E-state index contributed by atoms with van der Waals surface area (Å²) >= 11 is 0. The van der Waals surface area contributed by atoms with Crippen LogP contribution in [0.2, 0.25) is 0 Å². The molecule has 1 aromatic rings. The van der Waals surface area contributed by atoms with Gasteiger partial charge < -0.3 is 10.3 Å². The number of rotatable bonds is 1. The third-order valence-electron chi connectivity index (χ3n) is 1.30. The van der Waals surface area contributed by atoms with E-state index in [1.165, 1.54) is 16.8 Å². The van der Waals surface area contributed by atoms with E-state index in [2.05, 4.69) is 4.98 Å². The molecule has 0 aromatic carbocycles. The highest BCUT2D eigenvalue weighted by Crippen LogP contribution is 1.85. The summed E-state index contributed by atoms with van der Waals surface area (Å²) in [5.41, 5.74) is 5.33. The van der Waals surface area contributed by atoms with E-state index in [0.717, 1.165) is 0 Å². The van der Waals surface area contributed by atoms with Gasteiger partial charge in [-0.25, -0.2) is 4.98 Å². The SMILES string of the molecule is Cn1ccnc(/C=C\N)c1=O. The minimum Gasteiger partial charge on any atom is -0.405 e. The summed E-state index contributed by atoms with van der Waals surface area (Å²) in [7, 11) is 1.66. The van der Waals surface area contributed by atoms with Gasteiger partial charge in [-0.1, -0.05) is 0 Å². The van der Waals surface area contributed by atoms with Crippen molar-refractivity contribution in [3.63, 3.8) is 0 Å². The smallest absolute Gasteiger partial charge is 0.276 e. The summed E-state index contributed by atoms with van der Waals surface area (Å²) in [4.78, 5) is 15.0. The van der Waals surface area contributed by atoms with Crippen molar-refractivity contribution in [3.05, 3.63) is 34.6 Å². The highest BCUT2D eigenvalue weighted by Gasteiger charge is 1.95. The predicted octanol–water partition coefficient (Wildman–Crippen LogP) is -0.290. The fourth-order valence-electron chi connectivity index (χ4n) is 0.723. The Morgan fingerprint density at radius 3 is 3.09 bits per heavy atom. The number of nitrogens with two attached hydrogens (primary N) is 1. The fraction of sp³-hybridized carbons (Fsp3) is 0.143. The summed E-state index contributed by atoms with van der Waals surface area (Å²) in [5.74, 6) is 0. The van der Waals surface area contributed by atoms with Crippen LogP contribution >= 0.6 is 0 Å². The molecule has 0 aliphatic heterocycles. The van der Waals surface area contributed by atoms with E-state index in [1.807, 2.05) is 0 Å². The molecule has 0 saturated heterocycles. The zero-order valence-corrected chi connectivity index (χ0v) is 6.19. The largest absolute Gasteiger partial charge is 0.405 e. The molecule has 0 aliphatic rings. The van der Waals surface area contributed by atoms with Gasteiger partial charge in [0.1, 0.15) is 5.69 Å². The molecule has 58 valence electrons. The van der Waals surface area contributed by atoms with Gasteiger partial charge in [0.2, 0.25) is 0 Å². The molecule has 0 radical (unpaired) electrons. The van der Waals surface area contributed by atoms with E-state index >= 15 is 0 Å². The average Bonchev–Trinajstić information content (AvgIpc) is 1.99. The maximum Gasteiger partial charge on any atom is 0.276 e. The predicted molar refractivity (Wildman–Crippen MR) is 42.7 cm³/mol. The highest BCUT2D eigenvalue weighted by atomic mass is 16.1. The van der Waals surface area contributed by atoms with Crippen molar-refractivity contribution in [1.82, 2.24) is 9.55 Å². The molecule has 4 nitrogen and oxygen atoms in total. The first kappa shape index (κ1) is 7.53. The lowest BCUT2D eigenvalue weighted by atomic mass is 10.4. The molecular formula is C7H9N3O. The molecule has 0 fully saturated rings. The molecule has 4 heteroatoms. The second kappa shape index (κ2) is 3.01. The fourth-order valence-corrected chi connectivity index (χ4v) is 0.723. The van der Waals surface area contributed by atoms with Gasteiger partial charge in [-0.3, -0.25) is 4.79 Å². The molecule has 1 heterocycles. The van der Waals surface area contributed by atoms with Crippen molar-refractivity contribution >= 4 is 6.08 Å². The number of nitrogens with zero attached hydrogens (tertiary/aromatic N) is 2. The first-order valence-corrected chi connectivity index (χ1v) is 3.15. The lowest BCUT2D eigenvalue weighted by Gasteiger charge is -1.95. The Bertz CT molecular complexity index is 327. The van der Waals surface area contributed by atoms with E-state index in [-0.39, 0.29) is 5.56 Å². The summed E-state index contributed by atoms with van der Waals surface area (Å²) in [6, 6.07) is 0. The third-order valence-corrected chi connectivity index (χ3v) is 1.30. The van der Waals surface area contributed by atoms with E-state index in [9.17, 15) is 4.79 Å². The molecular weight excluding hydrogens is 142 g/mol. The van der Waals surface area contributed by atoms with Crippen molar-refractivity contribution in [1.29, 1.82) is 0 Å². The molecule has 0 amide bonds. The number of aromatic nitrogens is 2.